The summed E-state index contributed by atoms with van der Waals surface area (Å²) >= 11 is 0. The van der Waals surface area contributed by atoms with Crippen molar-refractivity contribution in [1.82, 2.24) is 14.9 Å². The number of nitrogens with zero attached hydrogens (tertiary/aromatic N) is 2. The molecule has 0 radical (unpaired) electrons. The molecule has 0 saturated heterocycles. The van der Waals surface area contributed by atoms with Crippen LogP contribution < -0.4 is 5.32 Å². The Morgan fingerprint density at radius 1 is 1.31 bits per heavy atom. The molecule has 1 N–H and O–H groups in total. The smallest absolute Gasteiger partial charge is 0.240 e. The second-order valence-corrected chi connectivity index (χ2v) is 8.99. The molecule has 0 saturated carbocycles. The topological polar surface area (TPSA) is 90.3 Å². The summed E-state index contributed by atoms with van der Waals surface area (Å²) in [6, 6.07) is 7.32. The Labute approximate surface area is 154 Å². The molecule has 0 aliphatic heterocycles. The molecule has 144 valence electrons. The number of fused-ring (bicyclic) bond motifs is 1. The highest BCUT2D eigenvalue weighted by Gasteiger charge is 2.17. The van der Waals surface area contributed by atoms with Crippen molar-refractivity contribution in [2.45, 2.75) is 32.6 Å². The zero-order valence-corrected chi connectivity index (χ0v) is 16.4. The summed E-state index contributed by atoms with van der Waals surface area (Å²) in [6.45, 7) is 6.05. The minimum Gasteiger partial charge on any atom is -0.381 e. The van der Waals surface area contributed by atoms with Gasteiger partial charge in [0.05, 0.1) is 11.0 Å². The Hall–Kier alpha value is -1.93. The van der Waals surface area contributed by atoms with Gasteiger partial charge in [-0.15, -0.1) is 0 Å². The van der Waals surface area contributed by atoms with E-state index in [0.29, 0.717) is 37.0 Å². The molecule has 0 atom stereocenters. The maximum atomic E-state index is 12.3. The van der Waals surface area contributed by atoms with Gasteiger partial charge in [0.1, 0.15) is 18.1 Å². The number of amides is 1. The van der Waals surface area contributed by atoms with E-state index in [2.05, 4.69) is 24.1 Å². The molecule has 1 amide bonds. The number of carbonyl (C=O) groups excluding carboxylic acids is 1. The van der Waals surface area contributed by atoms with Crippen LogP contribution >= 0.6 is 0 Å². The van der Waals surface area contributed by atoms with Crippen LogP contribution in [0.5, 0.6) is 0 Å². The molecule has 1 aromatic carbocycles. The number of nitrogens with one attached hydrogen (secondary N) is 1. The lowest BCUT2D eigenvalue weighted by atomic mass is 10.2. The fourth-order valence-electron chi connectivity index (χ4n) is 2.57. The normalized spacial score (nSPS) is 12.0. The highest BCUT2D eigenvalue weighted by atomic mass is 32.2. The first-order valence-corrected chi connectivity index (χ1v) is 10.8. The number of ether oxygens (including phenoxy) is 1. The molecule has 8 heteroatoms. The molecular weight excluding hydrogens is 354 g/mol. The lowest BCUT2D eigenvalue weighted by Gasteiger charge is -2.10. The summed E-state index contributed by atoms with van der Waals surface area (Å²) in [6.07, 6.45) is 1.90. The highest BCUT2D eigenvalue weighted by Crippen LogP contribution is 2.17. The Kier molecular flexibility index (Phi) is 7.16. The first-order chi connectivity index (χ1) is 12.3. The van der Waals surface area contributed by atoms with Gasteiger partial charge in [0, 0.05) is 26.0 Å². The monoisotopic (exact) mass is 381 g/mol. The van der Waals surface area contributed by atoms with E-state index in [-0.39, 0.29) is 18.2 Å². The first-order valence-electron chi connectivity index (χ1n) is 8.72. The molecule has 0 aliphatic rings. The van der Waals surface area contributed by atoms with Crippen molar-refractivity contribution in [3.05, 3.63) is 30.1 Å². The van der Waals surface area contributed by atoms with Gasteiger partial charge in [0.25, 0.3) is 0 Å². The first kappa shape index (κ1) is 20.4. The van der Waals surface area contributed by atoms with E-state index in [9.17, 15) is 13.2 Å². The second kappa shape index (κ2) is 9.14. The third-order valence-electron chi connectivity index (χ3n) is 3.67. The molecule has 7 nitrogen and oxygen atoms in total. The van der Waals surface area contributed by atoms with E-state index in [1.54, 1.807) is 4.57 Å². The van der Waals surface area contributed by atoms with Gasteiger partial charge in [0.2, 0.25) is 5.91 Å². The zero-order valence-electron chi connectivity index (χ0n) is 15.6. The molecule has 2 rings (SSSR count). The minimum atomic E-state index is -3.25. The van der Waals surface area contributed by atoms with Gasteiger partial charge in [0.15, 0.2) is 9.84 Å². The molecule has 0 bridgehead atoms. The highest BCUT2D eigenvalue weighted by molar-refractivity contribution is 7.89. The summed E-state index contributed by atoms with van der Waals surface area (Å²) in [5.41, 5.74) is 1.43. The van der Waals surface area contributed by atoms with Crippen LogP contribution in [-0.4, -0.2) is 49.9 Å². The molecule has 0 unspecified atom stereocenters. The van der Waals surface area contributed by atoms with Crippen LogP contribution in [0.4, 0.5) is 0 Å². The summed E-state index contributed by atoms with van der Waals surface area (Å²) in [4.78, 5) is 16.6. The number of carbonyl (C=O) groups is 1. The van der Waals surface area contributed by atoms with Crippen molar-refractivity contribution in [3.63, 3.8) is 0 Å². The number of hydrogen-bond acceptors (Lipinski definition) is 5. The second-order valence-electron chi connectivity index (χ2n) is 6.85. The van der Waals surface area contributed by atoms with E-state index in [1.165, 1.54) is 0 Å². The summed E-state index contributed by atoms with van der Waals surface area (Å²) in [5, 5.41) is 2.85. The van der Waals surface area contributed by atoms with Crippen molar-refractivity contribution in [2.24, 2.45) is 5.92 Å². The number of benzene rings is 1. The molecule has 1 heterocycles. The summed E-state index contributed by atoms with van der Waals surface area (Å²) in [5.74, 6) is 0.501. The van der Waals surface area contributed by atoms with E-state index in [1.807, 2.05) is 24.3 Å². The van der Waals surface area contributed by atoms with Crippen LogP contribution in [0, 0.1) is 5.92 Å². The zero-order chi connectivity index (χ0) is 19.2. The third-order valence-corrected chi connectivity index (χ3v) is 4.45. The van der Waals surface area contributed by atoms with Crippen molar-refractivity contribution in [1.29, 1.82) is 0 Å². The van der Waals surface area contributed by atoms with Gasteiger partial charge in [-0.3, -0.25) is 4.79 Å². The van der Waals surface area contributed by atoms with E-state index in [0.717, 1.165) is 18.2 Å². The van der Waals surface area contributed by atoms with Gasteiger partial charge in [-0.1, -0.05) is 26.0 Å². The Bertz CT molecular complexity index is 843. The average molecular weight is 381 g/mol. The largest absolute Gasteiger partial charge is 0.381 e. The number of hydrogen-bond donors (Lipinski definition) is 1. The summed E-state index contributed by atoms with van der Waals surface area (Å²) < 4.78 is 30.5. The molecule has 0 fully saturated rings. The van der Waals surface area contributed by atoms with Crippen LogP contribution in [-0.2, 0) is 31.7 Å². The molecule has 1 aromatic heterocycles. The number of rotatable bonds is 10. The van der Waals surface area contributed by atoms with E-state index < -0.39 is 9.84 Å². The van der Waals surface area contributed by atoms with Crippen molar-refractivity contribution in [3.8, 4) is 0 Å². The SMILES string of the molecule is CC(C)COCCCNC(=O)Cn1c(CS(C)(=O)=O)nc2ccccc21. The quantitative estimate of drug-likeness (QED) is 0.633. The fourth-order valence-corrected chi connectivity index (χ4v) is 3.26. The van der Waals surface area contributed by atoms with Gasteiger partial charge in [-0.2, -0.15) is 0 Å². The fraction of sp³-hybridized carbons (Fsp3) is 0.556. The van der Waals surface area contributed by atoms with Gasteiger partial charge in [-0.25, -0.2) is 13.4 Å². The van der Waals surface area contributed by atoms with Crippen molar-refractivity contribution < 1.29 is 17.9 Å². The van der Waals surface area contributed by atoms with Crippen LogP contribution in [0.1, 0.15) is 26.1 Å². The Morgan fingerprint density at radius 2 is 2.04 bits per heavy atom. The Balaban J connectivity index is 1.98. The Morgan fingerprint density at radius 3 is 2.73 bits per heavy atom. The van der Waals surface area contributed by atoms with Gasteiger partial charge < -0.3 is 14.6 Å². The average Bonchev–Trinajstić information content (AvgIpc) is 2.86. The molecule has 26 heavy (non-hydrogen) atoms. The lowest BCUT2D eigenvalue weighted by Crippen LogP contribution is -2.30. The standard InChI is InChI=1S/C18H27N3O4S/c1-14(2)12-25-10-6-9-19-18(22)11-21-16-8-5-4-7-15(16)20-17(21)13-26(3,23)24/h4-5,7-8,14H,6,9-13H2,1-3H3,(H,19,22). The number of aromatic nitrogens is 2. The lowest BCUT2D eigenvalue weighted by molar-refractivity contribution is -0.121. The maximum absolute atomic E-state index is 12.3. The van der Waals surface area contributed by atoms with E-state index in [4.69, 9.17) is 4.74 Å². The number of para-hydroxylation sites is 2. The maximum Gasteiger partial charge on any atom is 0.240 e. The molecule has 0 spiro atoms. The van der Waals surface area contributed by atoms with E-state index >= 15 is 0 Å². The van der Waals surface area contributed by atoms with Crippen molar-refractivity contribution in [2.75, 3.05) is 26.0 Å². The number of imidazole rings is 1. The molecule has 2 aromatic rings. The summed E-state index contributed by atoms with van der Waals surface area (Å²) in [7, 11) is -3.25. The predicted octanol–water partition coefficient (Wildman–Crippen LogP) is 1.76. The predicted molar refractivity (Wildman–Crippen MR) is 102 cm³/mol. The number of sulfone groups is 1. The van der Waals surface area contributed by atoms with Crippen LogP contribution in [0.15, 0.2) is 24.3 Å². The molecule has 0 aliphatic carbocycles. The van der Waals surface area contributed by atoms with Gasteiger partial charge in [-0.05, 0) is 24.5 Å². The third kappa shape index (κ3) is 6.42. The van der Waals surface area contributed by atoms with Crippen LogP contribution in [0.2, 0.25) is 0 Å². The van der Waals surface area contributed by atoms with Crippen LogP contribution in [0.25, 0.3) is 11.0 Å². The van der Waals surface area contributed by atoms with Crippen molar-refractivity contribution >= 4 is 26.8 Å². The van der Waals surface area contributed by atoms with Gasteiger partial charge >= 0.3 is 0 Å². The molecular formula is C18H27N3O4S. The van der Waals surface area contributed by atoms with Crippen LogP contribution in [0.3, 0.4) is 0 Å². The minimum absolute atomic E-state index is 0.0399.